The second-order valence-electron chi connectivity index (χ2n) is 9.50. The van der Waals surface area contributed by atoms with Crippen molar-refractivity contribution >= 4 is 17.8 Å². The third kappa shape index (κ3) is 4.04. The number of ether oxygens (including phenoxy) is 2. The van der Waals surface area contributed by atoms with Gasteiger partial charge in [0.25, 0.3) is 0 Å². The van der Waals surface area contributed by atoms with Crippen LogP contribution in [0.2, 0.25) is 0 Å². The molecule has 3 aliphatic heterocycles. The van der Waals surface area contributed by atoms with E-state index in [0.29, 0.717) is 38.8 Å². The zero-order valence-electron chi connectivity index (χ0n) is 19.4. The number of carbonyl (C=O) groups excluding carboxylic acids is 3. The molecule has 0 aliphatic carbocycles. The second kappa shape index (κ2) is 9.43. The number of rotatable bonds is 10. The maximum atomic E-state index is 13.7. The van der Waals surface area contributed by atoms with Crippen molar-refractivity contribution in [2.75, 3.05) is 19.8 Å². The van der Waals surface area contributed by atoms with Crippen LogP contribution < -0.4 is 5.32 Å². The average molecular weight is 459 g/mol. The molecule has 3 fully saturated rings. The number of esters is 1. The van der Waals surface area contributed by atoms with Gasteiger partial charge in [-0.3, -0.25) is 14.4 Å². The van der Waals surface area contributed by atoms with E-state index >= 15 is 0 Å². The van der Waals surface area contributed by atoms with Gasteiger partial charge in [0.15, 0.2) is 0 Å². The van der Waals surface area contributed by atoms with E-state index in [0.717, 1.165) is 12.0 Å². The molecule has 2 unspecified atom stereocenters. The molecule has 33 heavy (non-hydrogen) atoms. The first-order valence-corrected chi connectivity index (χ1v) is 12.0. The zero-order valence-corrected chi connectivity index (χ0v) is 19.4. The Labute approximate surface area is 194 Å². The Hall–Kier alpha value is -2.45. The molecule has 2 N–H and O–H groups in total. The molecule has 8 nitrogen and oxygen atoms in total. The Balaban J connectivity index is 1.62. The van der Waals surface area contributed by atoms with Gasteiger partial charge in [0.05, 0.1) is 18.1 Å². The molecule has 8 heteroatoms. The third-order valence-corrected chi connectivity index (χ3v) is 7.43. The first-order chi connectivity index (χ1) is 15.9. The summed E-state index contributed by atoms with van der Waals surface area (Å²) in [5, 5.41) is 12.1. The van der Waals surface area contributed by atoms with E-state index < -0.39 is 35.0 Å². The van der Waals surface area contributed by atoms with Crippen LogP contribution in [0.5, 0.6) is 0 Å². The number of hydrogen-bond donors (Lipinski definition) is 2. The Bertz CT molecular complexity index is 892. The highest BCUT2D eigenvalue weighted by Crippen LogP contribution is 2.63. The Morgan fingerprint density at radius 1 is 1.21 bits per heavy atom. The SMILES string of the molecule is CCOC(=O)[C@H]1[C@H]2C(=O)N(CCCCCO)C(C(=O)NCc3ccccc3)C23CC[C@]1(C)O3. The number of fused-ring (bicyclic) bond motifs is 1. The van der Waals surface area contributed by atoms with E-state index in [4.69, 9.17) is 14.6 Å². The lowest BCUT2D eigenvalue weighted by atomic mass is 9.66. The molecule has 180 valence electrons. The van der Waals surface area contributed by atoms with Crippen molar-refractivity contribution in [3.05, 3.63) is 35.9 Å². The van der Waals surface area contributed by atoms with E-state index in [9.17, 15) is 14.4 Å². The molecule has 3 heterocycles. The van der Waals surface area contributed by atoms with Gasteiger partial charge in [-0.2, -0.15) is 0 Å². The fraction of sp³-hybridized carbons (Fsp3) is 0.640. The molecule has 2 amide bonds. The van der Waals surface area contributed by atoms with Crippen LogP contribution in [0, 0.1) is 11.8 Å². The molecule has 5 atom stereocenters. The van der Waals surface area contributed by atoms with Gasteiger partial charge < -0.3 is 24.8 Å². The number of benzene rings is 1. The quantitative estimate of drug-likeness (QED) is 0.409. The molecule has 0 saturated carbocycles. The summed E-state index contributed by atoms with van der Waals surface area (Å²) in [6.07, 6.45) is 3.20. The van der Waals surface area contributed by atoms with Crippen LogP contribution in [0.1, 0.15) is 51.5 Å². The second-order valence-corrected chi connectivity index (χ2v) is 9.50. The minimum Gasteiger partial charge on any atom is -0.466 e. The van der Waals surface area contributed by atoms with Gasteiger partial charge in [0.2, 0.25) is 11.8 Å². The molecule has 0 aromatic heterocycles. The fourth-order valence-electron chi connectivity index (χ4n) is 6.01. The summed E-state index contributed by atoms with van der Waals surface area (Å²) in [5.41, 5.74) is -0.874. The summed E-state index contributed by atoms with van der Waals surface area (Å²) in [6.45, 7) is 4.66. The number of aliphatic hydroxyl groups excluding tert-OH is 1. The number of nitrogens with one attached hydrogen (secondary N) is 1. The summed E-state index contributed by atoms with van der Waals surface area (Å²) >= 11 is 0. The van der Waals surface area contributed by atoms with Crippen molar-refractivity contribution in [3.8, 4) is 0 Å². The van der Waals surface area contributed by atoms with Crippen molar-refractivity contribution in [2.24, 2.45) is 11.8 Å². The first kappa shape index (κ1) is 23.7. The fourth-order valence-corrected chi connectivity index (χ4v) is 6.01. The van der Waals surface area contributed by atoms with Crippen molar-refractivity contribution in [1.82, 2.24) is 10.2 Å². The summed E-state index contributed by atoms with van der Waals surface area (Å²) < 4.78 is 11.8. The van der Waals surface area contributed by atoms with Crippen LogP contribution >= 0.6 is 0 Å². The minimum absolute atomic E-state index is 0.0912. The molecule has 3 saturated heterocycles. The highest BCUT2D eigenvalue weighted by molar-refractivity contribution is 5.98. The van der Waals surface area contributed by atoms with Crippen LogP contribution in [-0.2, 0) is 30.4 Å². The van der Waals surface area contributed by atoms with E-state index in [1.54, 1.807) is 11.8 Å². The van der Waals surface area contributed by atoms with Gasteiger partial charge in [-0.25, -0.2) is 0 Å². The summed E-state index contributed by atoms with van der Waals surface area (Å²) in [7, 11) is 0. The van der Waals surface area contributed by atoms with Crippen LogP contribution in [-0.4, -0.2) is 64.8 Å². The molecule has 1 aromatic carbocycles. The third-order valence-electron chi connectivity index (χ3n) is 7.43. The Morgan fingerprint density at radius 3 is 2.67 bits per heavy atom. The average Bonchev–Trinajstić information content (AvgIpc) is 3.37. The van der Waals surface area contributed by atoms with Crippen molar-refractivity contribution in [1.29, 1.82) is 0 Å². The lowest BCUT2D eigenvalue weighted by Crippen LogP contribution is -2.55. The smallest absolute Gasteiger partial charge is 0.312 e. The van der Waals surface area contributed by atoms with Gasteiger partial charge in [-0.1, -0.05) is 30.3 Å². The van der Waals surface area contributed by atoms with Gasteiger partial charge in [0, 0.05) is 19.7 Å². The molecular formula is C25H34N2O6. The number of likely N-dealkylation sites (tertiary alicyclic amines) is 1. The summed E-state index contributed by atoms with van der Waals surface area (Å²) in [5.74, 6) is -2.33. The maximum absolute atomic E-state index is 13.7. The van der Waals surface area contributed by atoms with E-state index in [1.807, 2.05) is 37.3 Å². The summed E-state index contributed by atoms with van der Waals surface area (Å²) in [6, 6.07) is 8.81. The molecule has 4 rings (SSSR count). The normalized spacial score (nSPS) is 32.2. The molecule has 2 bridgehead atoms. The largest absolute Gasteiger partial charge is 0.466 e. The lowest BCUT2D eigenvalue weighted by Gasteiger charge is -2.33. The van der Waals surface area contributed by atoms with Crippen LogP contribution in [0.15, 0.2) is 30.3 Å². The standard InChI is InChI=1S/C25H34N2O6/c1-3-32-23(31)19-18-22(30)27(14-8-5-9-15-28)20(25(18)13-12-24(19,2)33-25)21(29)26-16-17-10-6-4-7-11-17/h4,6-7,10-11,18-20,28H,3,5,8-9,12-16H2,1-2H3,(H,26,29)/t18-,19+,20?,24-,25?/m0/s1. The molecule has 3 aliphatic rings. The highest BCUT2D eigenvalue weighted by Gasteiger charge is 2.78. The first-order valence-electron chi connectivity index (χ1n) is 12.0. The monoisotopic (exact) mass is 458 g/mol. The number of amides is 2. The number of hydrogen-bond acceptors (Lipinski definition) is 6. The molecule has 1 spiro atoms. The van der Waals surface area contributed by atoms with Gasteiger partial charge >= 0.3 is 5.97 Å². The topological polar surface area (TPSA) is 105 Å². The number of unbranched alkanes of at least 4 members (excludes halogenated alkanes) is 2. The van der Waals surface area contributed by atoms with Gasteiger partial charge in [-0.05, 0) is 51.5 Å². The van der Waals surface area contributed by atoms with Crippen molar-refractivity contribution < 1.29 is 29.0 Å². The molecule has 1 aromatic rings. The predicted octanol–water partition coefficient (Wildman–Crippen LogP) is 1.79. The zero-order chi connectivity index (χ0) is 23.6. The van der Waals surface area contributed by atoms with Gasteiger partial charge in [0.1, 0.15) is 17.6 Å². The number of carbonyl (C=O) groups is 3. The molecule has 0 radical (unpaired) electrons. The van der Waals surface area contributed by atoms with E-state index in [1.165, 1.54) is 0 Å². The minimum atomic E-state index is -1.03. The van der Waals surface area contributed by atoms with Crippen LogP contribution in [0.3, 0.4) is 0 Å². The Morgan fingerprint density at radius 2 is 1.97 bits per heavy atom. The van der Waals surface area contributed by atoms with E-state index in [-0.39, 0.29) is 25.0 Å². The van der Waals surface area contributed by atoms with E-state index in [2.05, 4.69) is 5.32 Å². The Kier molecular flexibility index (Phi) is 6.77. The van der Waals surface area contributed by atoms with Crippen LogP contribution in [0.25, 0.3) is 0 Å². The lowest BCUT2D eigenvalue weighted by molar-refractivity contribution is -0.159. The highest BCUT2D eigenvalue weighted by atomic mass is 16.6. The van der Waals surface area contributed by atoms with Crippen molar-refractivity contribution in [2.45, 2.75) is 69.7 Å². The van der Waals surface area contributed by atoms with Crippen LogP contribution in [0.4, 0.5) is 0 Å². The predicted molar refractivity (Wildman–Crippen MR) is 120 cm³/mol. The molecular weight excluding hydrogens is 424 g/mol. The maximum Gasteiger partial charge on any atom is 0.312 e. The summed E-state index contributed by atoms with van der Waals surface area (Å²) in [4.78, 5) is 41.8. The van der Waals surface area contributed by atoms with Crippen molar-refractivity contribution in [3.63, 3.8) is 0 Å². The van der Waals surface area contributed by atoms with Gasteiger partial charge in [-0.15, -0.1) is 0 Å². The number of aliphatic hydroxyl groups is 1. The number of nitrogens with zero attached hydrogens (tertiary/aromatic N) is 1.